The molecule has 0 bridgehead atoms. The first-order valence-electron chi connectivity index (χ1n) is 5.55. The summed E-state index contributed by atoms with van der Waals surface area (Å²) in [5, 5.41) is 0. The Kier molecular flexibility index (Phi) is 3.79. The molecule has 0 aliphatic rings. The highest BCUT2D eigenvalue weighted by Crippen LogP contribution is 2.18. The van der Waals surface area contributed by atoms with Crippen LogP contribution < -0.4 is 16.6 Å². The molecule has 2 aromatic rings. The summed E-state index contributed by atoms with van der Waals surface area (Å²) in [5.74, 6) is -3.57. The van der Waals surface area contributed by atoms with Gasteiger partial charge in [0.2, 0.25) is 0 Å². The van der Waals surface area contributed by atoms with Gasteiger partial charge in [0, 0.05) is 5.69 Å². The van der Waals surface area contributed by atoms with Gasteiger partial charge >= 0.3 is 0 Å². The summed E-state index contributed by atoms with van der Waals surface area (Å²) in [6.07, 6.45) is 0. The molecule has 0 atom stereocenters. The maximum absolute atomic E-state index is 13.5. The fourth-order valence-electron chi connectivity index (χ4n) is 1.58. The Labute approximate surface area is 112 Å². The van der Waals surface area contributed by atoms with Gasteiger partial charge in [-0.25, -0.2) is 13.2 Å². The lowest BCUT2D eigenvalue weighted by Crippen LogP contribution is -2.31. The Morgan fingerprint density at radius 2 is 1.50 bits per heavy atom. The molecule has 2 aromatic carbocycles. The highest BCUT2D eigenvalue weighted by Gasteiger charge is 2.16. The van der Waals surface area contributed by atoms with E-state index in [1.807, 2.05) is 5.43 Å². The summed E-state index contributed by atoms with van der Waals surface area (Å²) < 4.78 is 40.1. The number of nitrogens with one attached hydrogen (secondary N) is 2. The highest BCUT2D eigenvalue weighted by molar-refractivity contribution is 5.99. The smallest absolute Gasteiger partial charge is 0.274 e. The maximum Gasteiger partial charge on any atom is 0.274 e. The Morgan fingerprint density at radius 1 is 0.950 bits per heavy atom. The van der Waals surface area contributed by atoms with Crippen LogP contribution in [-0.2, 0) is 0 Å². The van der Waals surface area contributed by atoms with Crippen molar-refractivity contribution in [1.29, 1.82) is 0 Å². The van der Waals surface area contributed by atoms with Crippen LogP contribution in [0.5, 0.6) is 0 Å². The molecule has 4 nitrogen and oxygen atoms in total. The molecule has 0 saturated heterocycles. The third-order valence-corrected chi connectivity index (χ3v) is 2.54. The number of para-hydroxylation sites is 1. The summed E-state index contributed by atoms with van der Waals surface area (Å²) in [4.78, 5) is 11.7. The first kappa shape index (κ1) is 13.7. The predicted octanol–water partition coefficient (Wildman–Crippen LogP) is 2.44. The number of anilines is 2. The van der Waals surface area contributed by atoms with Gasteiger partial charge in [0.25, 0.3) is 5.91 Å². The largest absolute Gasteiger partial charge is 0.398 e. The maximum atomic E-state index is 13.5. The fraction of sp³-hybridized carbons (Fsp3) is 0. The van der Waals surface area contributed by atoms with Gasteiger partial charge in [-0.1, -0.05) is 12.1 Å². The molecule has 0 aromatic heterocycles. The third-order valence-electron chi connectivity index (χ3n) is 2.54. The molecule has 20 heavy (non-hydrogen) atoms. The second-order valence-corrected chi connectivity index (χ2v) is 3.88. The molecule has 0 unspecified atom stereocenters. The van der Waals surface area contributed by atoms with Crippen molar-refractivity contribution in [3.63, 3.8) is 0 Å². The van der Waals surface area contributed by atoms with E-state index >= 15 is 0 Å². The summed E-state index contributed by atoms with van der Waals surface area (Å²) in [6, 6.07) is 6.92. The Hall–Kier alpha value is -2.70. The fourth-order valence-corrected chi connectivity index (χ4v) is 1.58. The average molecular weight is 281 g/mol. The van der Waals surface area contributed by atoms with Crippen LogP contribution >= 0.6 is 0 Å². The molecule has 7 heteroatoms. The minimum Gasteiger partial charge on any atom is -0.398 e. The van der Waals surface area contributed by atoms with Crippen molar-refractivity contribution in [2.45, 2.75) is 0 Å². The van der Waals surface area contributed by atoms with Gasteiger partial charge in [-0.15, -0.1) is 0 Å². The highest BCUT2D eigenvalue weighted by atomic mass is 19.1. The van der Waals surface area contributed by atoms with Crippen molar-refractivity contribution >= 4 is 17.3 Å². The van der Waals surface area contributed by atoms with Crippen LogP contribution in [-0.4, -0.2) is 5.91 Å². The number of nitrogens with two attached hydrogens (primary N) is 1. The normalized spacial score (nSPS) is 10.2. The number of amides is 1. The van der Waals surface area contributed by atoms with E-state index in [1.165, 1.54) is 18.2 Å². The Balaban J connectivity index is 2.17. The zero-order valence-corrected chi connectivity index (χ0v) is 10.1. The molecule has 0 spiro atoms. The van der Waals surface area contributed by atoms with Gasteiger partial charge in [-0.05, 0) is 24.3 Å². The number of halogens is 3. The van der Waals surface area contributed by atoms with E-state index in [0.29, 0.717) is 0 Å². The van der Waals surface area contributed by atoms with E-state index in [0.717, 1.165) is 18.2 Å². The molecule has 1 amide bonds. The van der Waals surface area contributed by atoms with Crippen LogP contribution in [0.25, 0.3) is 0 Å². The molecular weight excluding hydrogens is 271 g/mol. The lowest BCUT2D eigenvalue weighted by atomic mass is 10.1. The van der Waals surface area contributed by atoms with Crippen LogP contribution in [0.4, 0.5) is 24.5 Å². The third kappa shape index (κ3) is 2.66. The molecule has 0 fully saturated rings. The number of nitrogen functional groups attached to an aromatic ring is 1. The van der Waals surface area contributed by atoms with Crippen LogP contribution in [0, 0.1) is 17.5 Å². The second-order valence-electron chi connectivity index (χ2n) is 3.88. The van der Waals surface area contributed by atoms with Gasteiger partial charge in [-0.3, -0.25) is 15.6 Å². The number of carbonyl (C=O) groups excluding carboxylic acids is 1. The van der Waals surface area contributed by atoms with Crippen molar-refractivity contribution in [1.82, 2.24) is 5.43 Å². The zero-order valence-electron chi connectivity index (χ0n) is 10.1. The van der Waals surface area contributed by atoms with Crippen LogP contribution in [0.3, 0.4) is 0 Å². The minimum atomic E-state index is -0.941. The Morgan fingerprint density at radius 3 is 2.10 bits per heavy atom. The molecule has 4 N–H and O–H groups in total. The number of hydrogen-bond acceptors (Lipinski definition) is 3. The van der Waals surface area contributed by atoms with Crippen molar-refractivity contribution in [2.75, 3.05) is 11.2 Å². The van der Waals surface area contributed by atoms with E-state index in [1.54, 1.807) is 0 Å². The first-order chi connectivity index (χ1) is 9.50. The summed E-state index contributed by atoms with van der Waals surface area (Å²) in [5.41, 5.74) is 8.49. The lowest BCUT2D eigenvalue weighted by Gasteiger charge is -2.11. The monoisotopic (exact) mass is 281 g/mol. The molecule has 0 radical (unpaired) electrons. The number of benzene rings is 2. The average Bonchev–Trinajstić information content (AvgIpc) is 2.38. The van der Waals surface area contributed by atoms with Crippen molar-refractivity contribution < 1.29 is 18.0 Å². The quantitative estimate of drug-likeness (QED) is 0.598. The molecule has 0 aliphatic carbocycles. The number of hydrazine groups is 1. The zero-order chi connectivity index (χ0) is 14.7. The van der Waals surface area contributed by atoms with Crippen LogP contribution in [0.15, 0.2) is 36.4 Å². The van der Waals surface area contributed by atoms with Gasteiger partial charge in [0.15, 0.2) is 11.6 Å². The van der Waals surface area contributed by atoms with Crippen molar-refractivity contribution in [3.8, 4) is 0 Å². The van der Waals surface area contributed by atoms with E-state index < -0.39 is 34.6 Å². The molecule has 104 valence electrons. The van der Waals surface area contributed by atoms with Crippen molar-refractivity contribution in [3.05, 3.63) is 59.4 Å². The summed E-state index contributed by atoms with van der Waals surface area (Å²) in [7, 11) is 0. The van der Waals surface area contributed by atoms with Gasteiger partial charge in [0.1, 0.15) is 11.5 Å². The van der Waals surface area contributed by atoms with E-state index in [9.17, 15) is 18.0 Å². The Bertz CT molecular complexity index is 621. The molecule has 0 saturated carbocycles. The van der Waals surface area contributed by atoms with E-state index in [-0.39, 0.29) is 5.69 Å². The van der Waals surface area contributed by atoms with Crippen molar-refractivity contribution in [2.24, 2.45) is 0 Å². The number of hydrogen-bond donors (Lipinski definition) is 3. The first-order valence-corrected chi connectivity index (χ1v) is 5.55. The lowest BCUT2D eigenvalue weighted by molar-refractivity contribution is 0.0959. The topological polar surface area (TPSA) is 67.2 Å². The minimum absolute atomic E-state index is 0.0849. The van der Waals surface area contributed by atoms with Gasteiger partial charge in [-0.2, -0.15) is 0 Å². The van der Waals surface area contributed by atoms with E-state index in [2.05, 4.69) is 5.43 Å². The standard InChI is InChI=1S/C13H10F3N3O/c14-7-3-2-6-10(17)11(7)13(20)19-18-12-8(15)4-1-5-9(12)16/h1-6,18H,17H2,(H,19,20). The predicted molar refractivity (Wildman–Crippen MR) is 68.3 cm³/mol. The van der Waals surface area contributed by atoms with E-state index in [4.69, 9.17) is 5.73 Å². The molecule has 2 rings (SSSR count). The van der Waals surface area contributed by atoms with Crippen LogP contribution in [0.2, 0.25) is 0 Å². The molecule has 0 aliphatic heterocycles. The second kappa shape index (κ2) is 5.52. The SMILES string of the molecule is Nc1cccc(F)c1C(=O)NNc1c(F)cccc1F. The van der Waals surface area contributed by atoms with Gasteiger partial charge in [0.05, 0.1) is 5.56 Å². The summed E-state index contributed by atoms with van der Waals surface area (Å²) in [6.45, 7) is 0. The number of rotatable bonds is 3. The van der Waals surface area contributed by atoms with Crippen LogP contribution in [0.1, 0.15) is 10.4 Å². The molecular formula is C13H10F3N3O. The number of carbonyl (C=O) groups is 1. The molecule has 0 heterocycles. The summed E-state index contributed by atoms with van der Waals surface area (Å²) >= 11 is 0. The van der Waals surface area contributed by atoms with Gasteiger partial charge < -0.3 is 5.73 Å².